The molecule has 0 atom stereocenters. The molecule has 2 heteroatoms. The van der Waals surface area contributed by atoms with Crippen molar-refractivity contribution in [3.63, 3.8) is 0 Å². The molecule has 0 aromatic heterocycles. The summed E-state index contributed by atoms with van der Waals surface area (Å²) in [6.07, 6.45) is 3.74. The summed E-state index contributed by atoms with van der Waals surface area (Å²) in [6.45, 7) is 3.60. The number of hydrogen-bond acceptors (Lipinski definition) is 1. The maximum absolute atomic E-state index is 5.13. The molecule has 0 amide bonds. The second kappa shape index (κ2) is 4.68. The molecule has 0 N–H and O–H groups in total. The topological polar surface area (TPSA) is 9.23 Å². The van der Waals surface area contributed by atoms with Gasteiger partial charge in [0.05, 0.1) is 0 Å². The van der Waals surface area contributed by atoms with Crippen LogP contribution in [0.1, 0.15) is 0 Å². The SMILES string of the molecule is C=C/C=[C](/OC)[GeH]([CH3])[CH3]. The molecular weight excluding hydrogens is 173 g/mol. The summed E-state index contributed by atoms with van der Waals surface area (Å²) < 4.78 is 6.29. The molecule has 0 unspecified atom stereocenters. The zero-order chi connectivity index (χ0) is 7.28. The normalized spacial score (nSPS) is 11.8. The quantitative estimate of drug-likeness (QED) is 0.371. The van der Waals surface area contributed by atoms with Crippen molar-refractivity contribution in [3.05, 3.63) is 23.3 Å². The number of ether oxygens (including phenoxy) is 1. The molecule has 0 saturated carbocycles. The Hall–Kier alpha value is -0.177. The zero-order valence-corrected chi connectivity index (χ0v) is 8.77. The minimum absolute atomic E-state index is 1.15. The van der Waals surface area contributed by atoms with Crippen LogP contribution < -0.4 is 0 Å². The van der Waals surface area contributed by atoms with Crippen LogP contribution in [0.2, 0.25) is 11.5 Å². The van der Waals surface area contributed by atoms with E-state index in [1.54, 1.807) is 13.2 Å². The second-order valence-corrected chi connectivity index (χ2v) is 8.20. The van der Waals surface area contributed by atoms with Crippen LogP contribution in [0.15, 0.2) is 23.3 Å². The molecule has 0 heterocycles. The number of methoxy groups -OCH3 is 1. The van der Waals surface area contributed by atoms with Crippen molar-refractivity contribution >= 4 is 14.3 Å². The Morgan fingerprint density at radius 1 is 1.56 bits per heavy atom. The molecule has 9 heavy (non-hydrogen) atoms. The van der Waals surface area contributed by atoms with E-state index in [0.717, 1.165) is 4.59 Å². The predicted molar refractivity (Wildman–Crippen MR) is 44.2 cm³/mol. The molecule has 0 saturated heterocycles. The van der Waals surface area contributed by atoms with Gasteiger partial charge in [-0.1, -0.05) is 0 Å². The van der Waals surface area contributed by atoms with Gasteiger partial charge >= 0.3 is 61.0 Å². The monoisotopic (exact) mass is 188 g/mol. The van der Waals surface area contributed by atoms with Crippen LogP contribution >= 0.6 is 0 Å². The summed E-state index contributed by atoms with van der Waals surface area (Å²) in [5.41, 5.74) is 0. The van der Waals surface area contributed by atoms with E-state index < -0.39 is 14.3 Å². The molecule has 0 aromatic rings. The van der Waals surface area contributed by atoms with Gasteiger partial charge in [-0.05, 0) is 0 Å². The third-order valence-corrected chi connectivity index (χ3v) is 4.37. The second-order valence-electron chi connectivity index (χ2n) is 2.16. The number of allylic oxidation sites excluding steroid dienone is 2. The van der Waals surface area contributed by atoms with Gasteiger partial charge in [0, 0.05) is 0 Å². The Kier molecular flexibility index (Phi) is 4.59. The van der Waals surface area contributed by atoms with Gasteiger partial charge in [-0.15, -0.1) is 0 Å². The van der Waals surface area contributed by atoms with Crippen molar-refractivity contribution in [2.45, 2.75) is 11.5 Å². The van der Waals surface area contributed by atoms with E-state index in [1.807, 2.05) is 6.08 Å². The van der Waals surface area contributed by atoms with Gasteiger partial charge in [-0.2, -0.15) is 0 Å². The zero-order valence-electron chi connectivity index (χ0n) is 6.35. The van der Waals surface area contributed by atoms with E-state index >= 15 is 0 Å². The fourth-order valence-electron chi connectivity index (χ4n) is 0.612. The molecule has 0 bridgehead atoms. The van der Waals surface area contributed by atoms with E-state index in [4.69, 9.17) is 4.74 Å². The first-order chi connectivity index (χ1) is 4.22. The fourth-order valence-corrected chi connectivity index (χ4v) is 2.69. The van der Waals surface area contributed by atoms with Gasteiger partial charge in [-0.25, -0.2) is 0 Å². The van der Waals surface area contributed by atoms with Gasteiger partial charge in [0.15, 0.2) is 0 Å². The van der Waals surface area contributed by atoms with Crippen LogP contribution in [0.4, 0.5) is 0 Å². The van der Waals surface area contributed by atoms with Crippen LogP contribution in [0.5, 0.6) is 0 Å². The van der Waals surface area contributed by atoms with Gasteiger partial charge in [0.2, 0.25) is 0 Å². The van der Waals surface area contributed by atoms with E-state index in [9.17, 15) is 0 Å². The van der Waals surface area contributed by atoms with E-state index in [1.165, 1.54) is 0 Å². The predicted octanol–water partition coefficient (Wildman–Crippen LogP) is 1.73. The summed E-state index contributed by atoms with van der Waals surface area (Å²) in [6, 6.07) is 0. The molecule has 0 aromatic carbocycles. The fraction of sp³-hybridized carbons (Fsp3) is 0.429. The standard InChI is InChI=1S/C7H14GeO/c1-5-6-7(9-4)8(2)3/h5-6,8H,1H2,2-4H3/b7-6+. The first kappa shape index (κ1) is 8.82. The van der Waals surface area contributed by atoms with Crippen molar-refractivity contribution in [3.8, 4) is 0 Å². The molecule has 0 aliphatic carbocycles. The van der Waals surface area contributed by atoms with Crippen LogP contribution in [-0.4, -0.2) is 21.5 Å². The minimum atomic E-state index is -1.15. The molecule has 0 rings (SSSR count). The average molecular weight is 187 g/mol. The first-order valence-electron chi connectivity index (χ1n) is 3.09. The summed E-state index contributed by atoms with van der Waals surface area (Å²) in [5.74, 6) is 4.54. The first-order valence-corrected chi connectivity index (χ1v) is 9.14. The summed E-state index contributed by atoms with van der Waals surface area (Å²) >= 11 is -1.15. The molecule has 1 nitrogen and oxygen atoms in total. The summed E-state index contributed by atoms with van der Waals surface area (Å²) in [4.78, 5) is 0. The van der Waals surface area contributed by atoms with Crippen LogP contribution in [0, 0.1) is 0 Å². The van der Waals surface area contributed by atoms with E-state index in [-0.39, 0.29) is 0 Å². The van der Waals surface area contributed by atoms with Crippen LogP contribution in [-0.2, 0) is 4.74 Å². The molecule has 52 valence electrons. The molecule has 0 fully saturated rings. The average Bonchev–Trinajstić information content (AvgIpc) is 1.82. The van der Waals surface area contributed by atoms with Crippen molar-refractivity contribution in [2.24, 2.45) is 0 Å². The Morgan fingerprint density at radius 2 is 2.11 bits per heavy atom. The Morgan fingerprint density at radius 3 is 2.22 bits per heavy atom. The summed E-state index contributed by atoms with van der Waals surface area (Å²) in [7, 11) is 1.72. The number of hydrogen-bond donors (Lipinski definition) is 0. The van der Waals surface area contributed by atoms with Gasteiger partial charge in [0.1, 0.15) is 0 Å². The van der Waals surface area contributed by atoms with Crippen LogP contribution in [0.25, 0.3) is 0 Å². The van der Waals surface area contributed by atoms with Crippen molar-refractivity contribution in [1.82, 2.24) is 0 Å². The van der Waals surface area contributed by atoms with E-state index in [2.05, 4.69) is 18.1 Å². The Labute approximate surface area is 61.5 Å². The third-order valence-electron chi connectivity index (χ3n) is 1.09. The van der Waals surface area contributed by atoms with Gasteiger partial charge < -0.3 is 0 Å². The molecular formula is C7H14GeO. The van der Waals surface area contributed by atoms with Gasteiger partial charge in [-0.3, -0.25) is 0 Å². The molecule has 0 aliphatic rings. The molecule has 0 spiro atoms. The van der Waals surface area contributed by atoms with E-state index in [0.29, 0.717) is 0 Å². The van der Waals surface area contributed by atoms with Crippen molar-refractivity contribution in [2.75, 3.05) is 7.11 Å². The maximum atomic E-state index is 5.13. The van der Waals surface area contributed by atoms with Gasteiger partial charge in [0.25, 0.3) is 0 Å². The Balaban J connectivity index is 3.96. The third kappa shape index (κ3) is 3.41. The number of rotatable bonds is 3. The Bertz CT molecular complexity index is 116. The molecule has 0 aliphatic heterocycles. The van der Waals surface area contributed by atoms with Crippen molar-refractivity contribution in [1.29, 1.82) is 0 Å². The molecule has 0 radical (unpaired) electrons. The summed E-state index contributed by atoms with van der Waals surface area (Å²) in [5, 5.41) is 0. The van der Waals surface area contributed by atoms with Crippen molar-refractivity contribution < 1.29 is 4.74 Å². The van der Waals surface area contributed by atoms with Crippen LogP contribution in [0.3, 0.4) is 0 Å².